The predicted octanol–water partition coefficient (Wildman–Crippen LogP) is 13.9. The third-order valence-electron chi connectivity index (χ3n) is 9.18. The molecule has 0 saturated heterocycles. The Balaban J connectivity index is 4.07. The van der Waals surface area contributed by atoms with Crippen molar-refractivity contribution in [1.29, 1.82) is 0 Å². The zero-order chi connectivity index (χ0) is 36.4. The number of carbonyl (C=O) groups is 2. The molecule has 0 aromatic heterocycles. The van der Waals surface area contributed by atoms with Crippen molar-refractivity contribution in [2.45, 2.75) is 219 Å². The van der Waals surface area contributed by atoms with E-state index in [2.05, 4.69) is 57.2 Å². The van der Waals surface area contributed by atoms with Gasteiger partial charge >= 0.3 is 11.9 Å². The summed E-state index contributed by atoms with van der Waals surface area (Å²) in [5.41, 5.74) is 0. The second kappa shape index (κ2) is 41.5. The summed E-state index contributed by atoms with van der Waals surface area (Å²) in [4.78, 5) is 24.9. The van der Waals surface area contributed by atoms with Gasteiger partial charge < -0.3 is 14.2 Å². The summed E-state index contributed by atoms with van der Waals surface area (Å²) in [6.07, 6.45) is 47.3. The normalized spacial score (nSPS) is 12.5. The highest BCUT2D eigenvalue weighted by Crippen LogP contribution is 2.13. The van der Waals surface area contributed by atoms with Crippen molar-refractivity contribution in [3.8, 4) is 0 Å². The number of esters is 2. The first-order valence-electron chi connectivity index (χ1n) is 21.5. The fourth-order valence-electron chi connectivity index (χ4n) is 5.93. The number of allylic oxidation sites excluding steroid dienone is 6. The van der Waals surface area contributed by atoms with Crippen molar-refractivity contribution in [3.63, 3.8) is 0 Å². The zero-order valence-corrected chi connectivity index (χ0v) is 33.4. The van der Waals surface area contributed by atoms with E-state index in [0.29, 0.717) is 19.4 Å². The molecule has 0 aliphatic heterocycles. The van der Waals surface area contributed by atoms with Crippen molar-refractivity contribution in [3.05, 3.63) is 36.5 Å². The van der Waals surface area contributed by atoms with Crippen molar-refractivity contribution < 1.29 is 23.8 Å². The van der Waals surface area contributed by atoms with Gasteiger partial charge in [0.15, 0.2) is 6.10 Å². The highest BCUT2D eigenvalue weighted by Gasteiger charge is 2.17. The minimum absolute atomic E-state index is 0.0842. The highest BCUT2D eigenvalue weighted by atomic mass is 16.6. The van der Waals surface area contributed by atoms with Crippen molar-refractivity contribution >= 4 is 11.9 Å². The van der Waals surface area contributed by atoms with Crippen LogP contribution in [-0.4, -0.2) is 37.9 Å². The van der Waals surface area contributed by atoms with E-state index in [0.717, 1.165) is 51.4 Å². The molecule has 0 fully saturated rings. The van der Waals surface area contributed by atoms with Gasteiger partial charge in [-0.05, 0) is 57.8 Å². The van der Waals surface area contributed by atoms with Crippen LogP contribution < -0.4 is 0 Å². The number of rotatable bonds is 39. The lowest BCUT2D eigenvalue weighted by atomic mass is 10.1. The first kappa shape index (κ1) is 48.1. The molecular formula is C45H82O5. The second-order valence-electron chi connectivity index (χ2n) is 14.3. The maximum absolute atomic E-state index is 12.5. The van der Waals surface area contributed by atoms with Gasteiger partial charge in [0.05, 0.1) is 6.61 Å². The predicted molar refractivity (Wildman–Crippen MR) is 215 cm³/mol. The molecule has 0 aromatic rings. The largest absolute Gasteiger partial charge is 0.462 e. The average Bonchev–Trinajstić information content (AvgIpc) is 3.11. The molecule has 0 aliphatic rings. The first-order chi connectivity index (χ1) is 24.6. The molecule has 0 N–H and O–H groups in total. The molecule has 0 saturated carbocycles. The van der Waals surface area contributed by atoms with Crippen molar-refractivity contribution in [2.24, 2.45) is 0 Å². The highest BCUT2D eigenvalue weighted by molar-refractivity contribution is 5.70. The minimum atomic E-state index is -0.530. The third kappa shape index (κ3) is 38.9. The maximum Gasteiger partial charge on any atom is 0.306 e. The van der Waals surface area contributed by atoms with Crippen LogP contribution in [0.15, 0.2) is 36.5 Å². The summed E-state index contributed by atoms with van der Waals surface area (Å²) in [6, 6.07) is 0. The molecule has 1 unspecified atom stereocenters. The molecule has 0 amide bonds. The minimum Gasteiger partial charge on any atom is -0.462 e. The molecule has 1 atom stereocenters. The molecule has 0 aliphatic carbocycles. The summed E-state index contributed by atoms with van der Waals surface area (Å²) in [7, 11) is 0. The molecule has 5 heteroatoms. The molecule has 0 radical (unpaired) electrons. The van der Waals surface area contributed by atoms with Gasteiger partial charge in [-0.25, -0.2) is 0 Å². The van der Waals surface area contributed by atoms with Gasteiger partial charge in [0.2, 0.25) is 0 Å². The fourth-order valence-corrected chi connectivity index (χ4v) is 5.93. The van der Waals surface area contributed by atoms with E-state index in [9.17, 15) is 9.59 Å². The van der Waals surface area contributed by atoms with Crippen LogP contribution in [0.5, 0.6) is 0 Å². The van der Waals surface area contributed by atoms with Crippen LogP contribution in [-0.2, 0) is 23.8 Å². The van der Waals surface area contributed by atoms with Crippen LogP contribution in [0.25, 0.3) is 0 Å². The Morgan fingerprint density at radius 1 is 0.440 bits per heavy atom. The van der Waals surface area contributed by atoms with E-state index in [1.54, 1.807) is 0 Å². The van der Waals surface area contributed by atoms with E-state index in [4.69, 9.17) is 14.2 Å². The average molecular weight is 703 g/mol. The molecule has 0 aromatic carbocycles. The van der Waals surface area contributed by atoms with Gasteiger partial charge in [-0.1, -0.05) is 179 Å². The molecule has 0 bridgehead atoms. The van der Waals surface area contributed by atoms with E-state index >= 15 is 0 Å². The Kier molecular flexibility index (Phi) is 40.0. The Labute approximate surface area is 310 Å². The molecule has 292 valence electrons. The SMILES string of the molecule is CCCCC/C=C\C/C=C\C/C=C\CCCCCCCCCOCC(COC(=O)CCCCCCCCC)OC(=O)CCCCCCCCC. The summed E-state index contributed by atoms with van der Waals surface area (Å²) in [5.74, 6) is -0.411. The molecule has 0 rings (SSSR count). The smallest absolute Gasteiger partial charge is 0.306 e. The monoisotopic (exact) mass is 703 g/mol. The Hall–Kier alpha value is -1.88. The summed E-state index contributed by atoms with van der Waals surface area (Å²) >= 11 is 0. The summed E-state index contributed by atoms with van der Waals surface area (Å²) < 4.78 is 17.2. The van der Waals surface area contributed by atoms with Crippen LogP contribution in [0, 0.1) is 0 Å². The lowest BCUT2D eigenvalue weighted by Crippen LogP contribution is -2.30. The topological polar surface area (TPSA) is 61.8 Å². The van der Waals surface area contributed by atoms with Crippen molar-refractivity contribution in [2.75, 3.05) is 19.8 Å². The molecule has 50 heavy (non-hydrogen) atoms. The first-order valence-corrected chi connectivity index (χ1v) is 21.5. The number of hydrogen-bond acceptors (Lipinski definition) is 5. The number of unbranched alkanes of at least 4 members (excludes halogenated alkanes) is 22. The van der Waals surface area contributed by atoms with Gasteiger partial charge in [-0.3, -0.25) is 9.59 Å². The number of ether oxygens (including phenoxy) is 3. The number of hydrogen-bond donors (Lipinski definition) is 0. The third-order valence-corrected chi connectivity index (χ3v) is 9.18. The summed E-state index contributed by atoms with van der Waals surface area (Å²) in [5, 5.41) is 0. The Morgan fingerprint density at radius 3 is 1.38 bits per heavy atom. The van der Waals surface area contributed by atoms with E-state index in [1.807, 2.05) is 0 Å². The van der Waals surface area contributed by atoms with Gasteiger partial charge in [0.1, 0.15) is 6.61 Å². The van der Waals surface area contributed by atoms with Gasteiger partial charge in [0.25, 0.3) is 0 Å². The lowest BCUT2D eigenvalue weighted by Gasteiger charge is -2.18. The number of carbonyl (C=O) groups excluding carboxylic acids is 2. The van der Waals surface area contributed by atoms with Crippen molar-refractivity contribution in [1.82, 2.24) is 0 Å². The molecule has 5 nitrogen and oxygen atoms in total. The van der Waals surface area contributed by atoms with E-state index < -0.39 is 6.10 Å². The van der Waals surface area contributed by atoms with Crippen LogP contribution in [0.3, 0.4) is 0 Å². The van der Waals surface area contributed by atoms with Crippen LogP contribution in [0.2, 0.25) is 0 Å². The van der Waals surface area contributed by atoms with E-state index in [1.165, 1.54) is 128 Å². The van der Waals surface area contributed by atoms with Crippen LogP contribution in [0.1, 0.15) is 213 Å². The Bertz CT molecular complexity index is 801. The van der Waals surface area contributed by atoms with E-state index in [-0.39, 0.29) is 25.2 Å². The van der Waals surface area contributed by atoms with Crippen LogP contribution in [0.4, 0.5) is 0 Å². The van der Waals surface area contributed by atoms with Crippen LogP contribution >= 0.6 is 0 Å². The standard InChI is InChI=1S/C45H82O5/c1-4-7-10-13-16-17-18-19-20-21-22-23-24-25-26-27-28-31-34-37-40-48-41-43(50-45(47)39-36-33-30-15-12-9-6-3)42-49-44(46)38-35-32-29-14-11-8-5-2/h16-17,19-20,22-23,43H,4-15,18,21,24-42H2,1-3H3/b17-16-,20-19-,23-22-. The molecule has 0 spiro atoms. The fraction of sp³-hybridized carbons (Fsp3) is 0.822. The van der Waals surface area contributed by atoms with Gasteiger partial charge in [0, 0.05) is 19.4 Å². The summed E-state index contributed by atoms with van der Waals surface area (Å²) in [6.45, 7) is 7.71. The quantitative estimate of drug-likeness (QED) is 0.0362. The molecular weight excluding hydrogens is 620 g/mol. The molecule has 0 heterocycles. The lowest BCUT2D eigenvalue weighted by molar-refractivity contribution is -0.163. The van der Waals surface area contributed by atoms with Gasteiger partial charge in [-0.2, -0.15) is 0 Å². The zero-order valence-electron chi connectivity index (χ0n) is 33.4. The maximum atomic E-state index is 12.5. The van der Waals surface area contributed by atoms with Gasteiger partial charge in [-0.15, -0.1) is 0 Å². The Morgan fingerprint density at radius 2 is 0.840 bits per heavy atom. The second-order valence-corrected chi connectivity index (χ2v) is 14.3.